The monoisotopic (exact) mass is 456 g/mol. The van der Waals surface area contributed by atoms with E-state index in [1.165, 1.54) is 24.2 Å². The van der Waals surface area contributed by atoms with Crippen LogP contribution in [0.4, 0.5) is 0 Å². The van der Waals surface area contributed by atoms with Gasteiger partial charge in [0.15, 0.2) is 0 Å². The number of carbonyl (C=O) groups excluding carboxylic acids is 1. The number of sulfonamides is 1. The summed E-state index contributed by atoms with van der Waals surface area (Å²) >= 11 is 0. The van der Waals surface area contributed by atoms with Gasteiger partial charge in [0.05, 0.1) is 18.6 Å². The van der Waals surface area contributed by atoms with E-state index in [4.69, 9.17) is 14.6 Å². The summed E-state index contributed by atoms with van der Waals surface area (Å²) in [7, 11) is -0.486. The van der Waals surface area contributed by atoms with E-state index in [1.807, 2.05) is 0 Å². The SMILES string of the molecule is CO[C@H]1C[C@@H](C(=O)NCCc2cnc[nH]2)CC[C@@H]1NS(=O)(=O)c1cnn(C)c1.O=CO. The zero-order valence-corrected chi connectivity index (χ0v) is 18.2. The molecule has 1 aliphatic rings. The summed E-state index contributed by atoms with van der Waals surface area (Å²) in [5.41, 5.74) is 0.962. The number of nitrogens with zero attached hydrogens (tertiary/aromatic N) is 3. The summed E-state index contributed by atoms with van der Waals surface area (Å²) in [6, 6.07) is -0.385. The first-order chi connectivity index (χ1) is 14.8. The van der Waals surface area contributed by atoms with Gasteiger partial charge >= 0.3 is 0 Å². The fourth-order valence-corrected chi connectivity index (χ4v) is 4.74. The number of nitrogens with one attached hydrogen (secondary N) is 3. The molecular weight excluding hydrogens is 428 g/mol. The number of H-pyrrole nitrogens is 1. The average Bonchev–Trinajstić information content (AvgIpc) is 3.40. The summed E-state index contributed by atoms with van der Waals surface area (Å²) in [6.45, 7) is 0.270. The van der Waals surface area contributed by atoms with E-state index in [0.717, 1.165) is 5.69 Å². The van der Waals surface area contributed by atoms with Gasteiger partial charge in [-0.3, -0.25) is 14.3 Å². The molecule has 0 aromatic carbocycles. The lowest BCUT2D eigenvalue weighted by Gasteiger charge is -2.34. The van der Waals surface area contributed by atoms with Crippen LogP contribution in [0, 0.1) is 5.92 Å². The number of carboxylic acid groups (broad SMARTS) is 1. The minimum absolute atomic E-state index is 0.0323. The third kappa shape index (κ3) is 7.15. The molecule has 2 heterocycles. The van der Waals surface area contributed by atoms with Crippen LogP contribution in [0.25, 0.3) is 0 Å². The van der Waals surface area contributed by atoms with Crippen LogP contribution >= 0.6 is 0 Å². The topological polar surface area (TPSA) is 168 Å². The van der Waals surface area contributed by atoms with Crippen LogP contribution < -0.4 is 10.0 Å². The molecule has 172 valence electrons. The van der Waals surface area contributed by atoms with Crippen molar-refractivity contribution in [2.75, 3.05) is 13.7 Å². The lowest BCUT2D eigenvalue weighted by Crippen LogP contribution is -2.49. The predicted octanol–water partition coefficient (Wildman–Crippen LogP) is -0.335. The van der Waals surface area contributed by atoms with E-state index in [9.17, 15) is 13.2 Å². The second-order valence-corrected chi connectivity index (χ2v) is 8.80. The third-order valence-electron chi connectivity index (χ3n) is 5.01. The second-order valence-electron chi connectivity index (χ2n) is 7.08. The molecule has 0 saturated heterocycles. The lowest BCUT2D eigenvalue weighted by molar-refractivity contribution is -0.128. The van der Waals surface area contributed by atoms with E-state index in [2.05, 4.69) is 25.1 Å². The van der Waals surface area contributed by atoms with E-state index >= 15 is 0 Å². The molecule has 0 unspecified atom stereocenters. The van der Waals surface area contributed by atoms with Gasteiger partial charge in [0.25, 0.3) is 6.47 Å². The van der Waals surface area contributed by atoms with Crippen molar-refractivity contribution in [3.63, 3.8) is 0 Å². The molecule has 2 aromatic heterocycles. The van der Waals surface area contributed by atoms with Gasteiger partial charge in [-0.05, 0) is 19.3 Å². The zero-order chi connectivity index (χ0) is 22.9. The van der Waals surface area contributed by atoms with Gasteiger partial charge in [-0.2, -0.15) is 5.10 Å². The molecular formula is C18H28N6O6S. The Balaban J connectivity index is 0.00000107. The van der Waals surface area contributed by atoms with Crippen molar-refractivity contribution in [3.05, 3.63) is 30.6 Å². The minimum atomic E-state index is -3.68. The van der Waals surface area contributed by atoms with Crippen LogP contribution in [0.5, 0.6) is 0 Å². The van der Waals surface area contributed by atoms with Gasteiger partial charge in [0, 0.05) is 57.2 Å². The largest absolute Gasteiger partial charge is 0.483 e. The number of carbonyl (C=O) groups is 2. The number of imidazole rings is 1. The molecule has 1 saturated carbocycles. The molecule has 13 heteroatoms. The van der Waals surface area contributed by atoms with Gasteiger partial charge in [0.2, 0.25) is 15.9 Å². The molecule has 3 rings (SSSR count). The number of rotatable bonds is 8. The minimum Gasteiger partial charge on any atom is -0.483 e. The fourth-order valence-electron chi connectivity index (χ4n) is 3.45. The molecule has 31 heavy (non-hydrogen) atoms. The van der Waals surface area contributed by atoms with Crippen molar-refractivity contribution in [1.29, 1.82) is 0 Å². The maximum atomic E-state index is 12.5. The van der Waals surface area contributed by atoms with E-state index < -0.39 is 10.0 Å². The summed E-state index contributed by atoms with van der Waals surface area (Å²) in [6.07, 6.45) is 7.98. The Hall–Kier alpha value is -2.77. The lowest BCUT2D eigenvalue weighted by atomic mass is 9.83. The van der Waals surface area contributed by atoms with Crippen molar-refractivity contribution in [3.8, 4) is 0 Å². The first-order valence-corrected chi connectivity index (χ1v) is 11.2. The molecule has 0 spiro atoms. The van der Waals surface area contributed by atoms with Crippen molar-refractivity contribution >= 4 is 22.4 Å². The van der Waals surface area contributed by atoms with Crippen LogP contribution in [0.1, 0.15) is 25.0 Å². The van der Waals surface area contributed by atoms with Crippen molar-refractivity contribution in [1.82, 2.24) is 29.8 Å². The van der Waals surface area contributed by atoms with Gasteiger partial charge in [0.1, 0.15) is 4.90 Å². The van der Waals surface area contributed by atoms with Crippen LogP contribution in [-0.4, -0.2) is 71.5 Å². The smallest absolute Gasteiger partial charge is 0.290 e. The molecule has 12 nitrogen and oxygen atoms in total. The van der Waals surface area contributed by atoms with E-state index in [-0.39, 0.29) is 35.3 Å². The maximum absolute atomic E-state index is 12.5. The highest BCUT2D eigenvalue weighted by Crippen LogP contribution is 2.28. The van der Waals surface area contributed by atoms with E-state index in [0.29, 0.717) is 32.2 Å². The summed E-state index contributed by atoms with van der Waals surface area (Å²) < 4.78 is 34.7. The van der Waals surface area contributed by atoms with Gasteiger partial charge < -0.3 is 20.1 Å². The number of aromatic nitrogens is 4. The Morgan fingerprint density at radius 1 is 1.42 bits per heavy atom. The Labute approximate surface area is 180 Å². The summed E-state index contributed by atoms with van der Waals surface area (Å²) in [4.78, 5) is 27.9. The molecule has 1 amide bonds. The van der Waals surface area contributed by atoms with Crippen LogP contribution in [0.3, 0.4) is 0 Å². The Morgan fingerprint density at radius 2 is 2.16 bits per heavy atom. The first-order valence-electron chi connectivity index (χ1n) is 9.67. The highest BCUT2D eigenvalue weighted by Gasteiger charge is 2.36. The van der Waals surface area contributed by atoms with Gasteiger partial charge in [-0.1, -0.05) is 0 Å². The molecule has 0 radical (unpaired) electrons. The Morgan fingerprint density at radius 3 is 2.74 bits per heavy atom. The highest BCUT2D eigenvalue weighted by molar-refractivity contribution is 7.89. The third-order valence-corrected chi connectivity index (χ3v) is 6.46. The van der Waals surface area contributed by atoms with Gasteiger partial charge in [-0.15, -0.1) is 0 Å². The average molecular weight is 457 g/mol. The quantitative estimate of drug-likeness (QED) is 0.391. The predicted molar refractivity (Wildman–Crippen MR) is 109 cm³/mol. The summed E-state index contributed by atoms with van der Waals surface area (Å²) in [5, 5.41) is 13.7. The number of methoxy groups -OCH3 is 1. The number of amides is 1. The van der Waals surface area contributed by atoms with Crippen LogP contribution in [0.15, 0.2) is 29.8 Å². The molecule has 0 bridgehead atoms. The fraction of sp³-hybridized carbons (Fsp3) is 0.556. The highest BCUT2D eigenvalue weighted by atomic mass is 32.2. The van der Waals surface area contributed by atoms with Crippen LogP contribution in [-0.2, 0) is 37.8 Å². The first kappa shape index (κ1) is 24.5. The normalized spacial score (nSPS) is 21.0. The van der Waals surface area contributed by atoms with Crippen LogP contribution in [0.2, 0.25) is 0 Å². The second kappa shape index (κ2) is 11.6. The van der Waals surface area contributed by atoms with Crippen molar-refractivity contribution in [2.45, 2.75) is 42.7 Å². The van der Waals surface area contributed by atoms with Crippen molar-refractivity contribution in [2.24, 2.45) is 13.0 Å². The van der Waals surface area contributed by atoms with E-state index in [1.54, 1.807) is 19.6 Å². The number of ether oxygens (including phenoxy) is 1. The number of aromatic amines is 1. The molecule has 1 fully saturated rings. The molecule has 1 aliphatic carbocycles. The van der Waals surface area contributed by atoms with Crippen molar-refractivity contribution < 1.29 is 27.9 Å². The molecule has 4 N–H and O–H groups in total. The maximum Gasteiger partial charge on any atom is 0.290 e. The zero-order valence-electron chi connectivity index (χ0n) is 17.4. The number of hydrogen-bond acceptors (Lipinski definition) is 7. The molecule has 2 aromatic rings. The number of hydrogen-bond donors (Lipinski definition) is 4. The van der Waals surface area contributed by atoms with Gasteiger partial charge in [-0.25, -0.2) is 18.1 Å². The molecule has 0 aliphatic heterocycles. The Bertz CT molecular complexity index is 929. The Kier molecular flexibility index (Phi) is 9.15. The number of aryl methyl sites for hydroxylation is 1. The summed E-state index contributed by atoms with van der Waals surface area (Å²) in [5.74, 6) is -0.235. The molecule has 3 atom stereocenters. The standard InChI is InChI=1S/C17H26N6O4S.CH2O2/c1-23-10-14(9-21-23)28(25,26)22-15-4-3-12(7-16(15)27-2)17(24)19-6-5-13-8-18-11-20-13;2-1-3/h8-12,15-16,22H,3-7H2,1-2H3,(H,18,20)(H,19,24);1H,(H,2,3)/t12-,15-,16-;/m0./s1.